The minimum Gasteiger partial charge on any atom is -0.490 e. The van der Waals surface area contributed by atoms with Gasteiger partial charge in [-0.1, -0.05) is 34.1 Å². The zero-order valence-corrected chi connectivity index (χ0v) is 18.3. The molecule has 8 heteroatoms. The van der Waals surface area contributed by atoms with Crippen molar-refractivity contribution in [3.8, 4) is 11.5 Å². The maximum absolute atomic E-state index is 12.0. The number of carbonyl (C=O) groups is 2. The molecule has 1 aliphatic rings. The van der Waals surface area contributed by atoms with E-state index in [4.69, 9.17) is 9.47 Å². The third-order valence-corrected chi connectivity index (χ3v) is 5.20. The molecule has 0 saturated heterocycles. The first-order valence-corrected chi connectivity index (χ1v) is 10.5. The van der Waals surface area contributed by atoms with Crippen molar-refractivity contribution >= 4 is 50.7 Å². The van der Waals surface area contributed by atoms with E-state index in [9.17, 15) is 9.59 Å². The molecule has 6 nitrogen and oxygen atoms in total. The maximum Gasteiger partial charge on any atom is 0.286 e. The van der Waals surface area contributed by atoms with Crippen molar-refractivity contribution in [2.45, 2.75) is 20.5 Å². The summed E-state index contributed by atoms with van der Waals surface area (Å²) in [6.45, 7) is 4.17. The standard InChI is InChI=1S/C21H19BrN2O4S/c1-3-27-18-10-15(11-19-20(26)24-21(29-19)23-13(2)25)6-9-17(18)28-12-14-4-7-16(22)8-5-14/h4-11H,3,12H2,1-2H3,(H,23,24,25,26)/b19-11+. The lowest BCUT2D eigenvalue weighted by Gasteiger charge is -2.13. The highest BCUT2D eigenvalue weighted by molar-refractivity contribution is 9.10. The summed E-state index contributed by atoms with van der Waals surface area (Å²) in [5.41, 5.74) is 1.82. The number of rotatable bonds is 6. The Kier molecular flexibility index (Phi) is 7.11. The van der Waals surface area contributed by atoms with Crippen molar-refractivity contribution in [1.82, 2.24) is 5.32 Å². The molecular weight excluding hydrogens is 456 g/mol. The fourth-order valence-corrected chi connectivity index (χ4v) is 3.63. The summed E-state index contributed by atoms with van der Waals surface area (Å²) in [4.78, 5) is 27.4. The molecule has 2 aromatic carbocycles. The van der Waals surface area contributed by atoms with Crippen LogP contribution in [0.2, 0.25) is 0 Å². The molecule has 0 unspecified atom stereocenters. The third-order valence-electron chi connectivity index (χ3n) is 3.78. The van der Waals surface area contributed by atoms with Gasteiger partial charge in [-0.25, -0.2) is 0 Å². The van der Waals surface area contributed by atoms with E-state index in [1.165, 1.54) is 6.92 Å². The van der Waals surface area contributed by atoms with Crippen molar-refractivity contribution in [2.75, 3.05) is 6.61 Å². The third kappa shape index (κ3) is 5.95. The molecule has 2 aromatic rings. The Morgan fingerprint density at radius 3 is 2.62 bits per heavy atom. The predicted octanol–water partition coefficient (Wildman–Crippen LogP) is 4.53. The van der Waals surface area contributed by atoms with Crippen LogP contribution in [0.25, 0.3) is 6.08 Å². The first-order chi connectivity index (χ1) is 13.9. The molecular formula is C21H19BrN2O4S. The van der Waals surface area contributed by atoms with Gasteiger partial charge in [0.1, 0.15) is 6.61 Å². The summed E-state index contributed by atoms with van der Waals surface area (Å²) in [7, 11) is 0. The van der Waals surface area contributed by atoms with E-state index in [0.29, 0.717) is 29.6 Å². The highest BCUT2D eigenvalue weighted by Gasteiger charge is 2.22. The molecule has 150 valence electrons. The van der Waals surface area contributed by atoms with E-state index < -0.39 is 0 Å². The van der Waals surface area contributed by atoms with Crippen LogP contribution in [0.4, 0.5) is 0 Å². The van der Waals surface area contributed by atoms with Gasteiger partial charge in [0.2, 0.25) is 5.91 Å². The van der Waals surface area contributed by atoms with Gasteiger partial charge in [0.25, 0.3) is 5.91 Å². The Bertz CT molecular complexity index is 987. The topological polar surface area (TPSA) is 77.0 Å². The predicted molar refractivity (Wildman–Crippen MR) is 118 cm³/mol. The Balaban J connectivity index is 1.74. The monoisotopic (exact) mass is 474 g/mol. The Morgan fingerprint density at radius 2 is 1.93 bits per heavy atom. The number of amides is 2. The van der Waals surface area contributed by atoms with Gasteiger partial charge in [-0.15, -0.1) is 0 Å². The van der Waals surface area contributed by atoms with Crippen LogP contribution in [0.3, 0.4) is 0 Å². The van der Waals surface area contributed by atoms with Crippen molar-refractivity contribution in [3.63, 3.8) is 0 Å². The molecule has 1 aliphatic heterocycles. The second-order valence-electron chi connectivity index (χ2n) is 6.07. The molecule has 0 atom stereocenters. The number of benzene rings is 2. The number of thioether (sulfide) groups is 1. The van der Waals surface area contributed by atoms with Crippen LogP contribution in [0, 0.1) is 0 Å². The average molecular weight is 475 g/mol. The summed E-state index contributed by atoms with van der Waals surface area (Å²) in [5.74, 6) is 0.568. The molecule has 0 fully saturated rings. The van der Waals surface area contributed by atoms with E-state index >= 15 is 0 Å². The highest BCUT2D eigenvalue weighted by atomic mass is 79.9. The molecule has 3 rings (SSSR count). The number of halogens is 1. The first kappa shape index (κ1) is 21.1. The SMILES string of the molecule is CCOc1cc(/C=C2/SC(NC(C)=O)=NC2=O)ccc1OCc1ccc(Br)cc1. The van der Waals surface area contributed by atoms with Crippen LogP contribution in [-0.4, -0.2) is 23.6 Å². The van der Waals surface area contributed by atoms with Gasteiger partial charge in [-0.3, -0.25) is 9.59 Å². The fourth-order valence-electron chi connectivity index (χ4n) is 2.51. The maximum atomic E-state index is 12.0. The Morgan fingerprint density at radius 1 is 1.17 bits per heavy atom. The highest BCUT2D eigenvalue weighted by Crippen LogP contribution is 2.33. The van der Waals surface area contributed by atoms with Gasteiger partial charge in [0, 0.05) is 11.4 Å². The van der Waals surface area contributed by atoms with Gasteiger partial charge in [0.15, 0.2) is 16.7 Å². The molecule has 0 aromatic heterocycles. The Labute approximate surface area is 181 Å². The van der Waals surface area contributed by atoms with Gasteiger partial charge in [-0.2, -0.15) is 4.99 Å². The smallest absolute Gasteiger partial charge is 0.286 e. The van der Waals surface area contributed by atoms with Crippen LogP contribution in [0.5, 0.6) is 11.5 Å². The summed E-state index contributed by atoms with van der Waals surface area (Å²) < 4.78 is 12.6. The molecule has 0 aliphatic carbocycles. The lowest BCUT2D eigenvalue weighted by Crippen LogP contribution is -2.23. The lowest BCUT2D eigenvalue weighted by atomic mass is 10.2. The first-order valence-electron chi connectivity index (χ1n) is 8.89. The molecule has 1 N–H and O–H groups in total. The number of hydrogen-bond acceptors (Lipinski definition) is 5. The number of amidine groups is 1. The zero-order chi connectivity index (χ0) is 20.8. The van der Waals surface area contributed by atoms with Crippen LogP contribution in [0.1, 0.15) is 25.0 Å². The number of nitrogens with zero attached hydrogens (tertiary/aromatic N) is 1. The van der Waals surface area contributed by atoms with Crippen LogP contribution in [-0.2, 0) is 16.2 Å². The zero-order valence-electron chi connectivity index (χ0n) is 15.9. The fraction of sp³-hybridized carbons (Fsp3) is 0.190. The quantitative estimate of drug-likeness (QED) is 0.622. The number of nitrogens with one attached hydrogen (secondary N) is 1. The van der Waals surface area contributed by atoms with Crippen molar-refractivity contribution in [1.29, 1.82) is 0 Å². The van der Waals surface area contributed by atoms with Gasteiger partial charge in [-0.05, 0) is 60.2 Å². The molecule has 29 heavy (non-hydrogen) atoms. The largest absolute Gasteiger partial charge is 0.490 e. The van der Waals surface area contributed by atoms with E-state index in [-0.39, 0.29) is 17.0 Å². The van der Waals surface area contributed by atoms with Crippen LogP contribution >= 0.6 is 27.7 Å². The second-order valence-corrected chi connectivity index (χ2v) is 8.01. The van der Waals surface area contributed by atoms with Crippen LogP contribution < -0.4 is 14.8 Å². The van der Waals surface area contributed by atoms with E-state index in [0.717, 1.165) is 27.4 Å². The summed E-state index contributed by atoms with van der Waals surface area (Å²) in [6, 6.07) is 13.4. The van der Waals surface area contributed by atoms with Gasteiger partial charge in [0.05, 0.1) is 11.5 Å². The molecule has 1 heterocycles. The average Bonchev–Trinajstić information content (AvgIpc) is 3.01. The molecule has 0 spiro atoms. The lowest BCUT2D eigenvalue weighted by molar-refractivity contribution is -0.117. The Hall–Kier alpha value is -2.58. The van der Waals surface area contributed by atoms with E-state index in [2.05, 4.69) is 26.2 Å². The van der Waals surface area contributed by atoms with E-state index in [1.54, 1.807) is 6.08 Å². The molecule has 0 saturated carbocycles. The second kappa shape index (κ2) is 9.76. The minimum absolute atomic E-state index is 0.267. The minimum atomic E-state index is -0.382. The molecule has 0 bridgehead atoms. The van der Waals surface area contributed by atoms with Crippen molar-refractivity contribution in [3.05, 3.63) is 63.0 Å². The normalized spacial score (nSPS) is 14.7. The molecule has 0 radical (unpaired) electrons. The van der Waals surface area contributed by atoms with E-state index in [1.807, 2.05) is 49.4 Å². The number of hydrogen-bond donors (Lipinski definition) is 1. The number of ether oxygens (including phenoxy) is 2. The number of carbonyl (C=O) groups excluding carboxylic acids is 2. The summed E-state index contributed by atoms with van der Waals surface area (Å²) >= 11 is 4.54. The van der Waals surface area contributed by atoms with Gasteiger partial charge >= 0.3 is 0 Å². The van der Waals surface area contributed by atoms with Crippen LogP contribution in [0.15, 0.2) is 56.8 Å². The summed E-state index contributed by atoms with van der Waals surface area (Å²) in [6.07, 6.45) is 1.71. The molecule has 2 amide bonds. The van der Waals surface area contributed by atoms with Crippen molar-refractivity contribution in [2.24, 2.45) is 4.99 Å². The van der Waals surface area contributed by atoms with Crippen molar-refractivity contribution < 1.29 is 19.1 Å². The number of aliphatic imine (C=N–C) groups is 1. The van der Waals surface area contributed by atoms with Gasteiger partial charge < -0.3 is 14.8 Å². The summed E-state index contributed by atoms with van der Waals surface area (Å²) in [5, 5.41) is 2.81.